The Morgan fingerprint density at radius 3 is 1.12 bits per heavy atom. The van der Waals surface area contributed by atoms with Crippen LogP contribution in [0.25, 0.3) is 0 Å². The molecule has 418 valence electrons. The summed E-state index contributed by atoms with van der Waals surface area (Å²) in [5.74, 6) is -2.13. The first-order chi connectivity index (χ1) is 34.0. The molecule has 1 aromatic carbocycles. The zero-order valence-electron chi connectivity index (χ0n) is 45.8. The standard InChI is InChI=1S/C54H88N10O8.2ClH/c1-33(55-9)45(65)61-43(53(3,4)5)51(71)63-29-17-23-41(63)49(69)59-39(35-19-13-11-14-20-35)31-57-47(67)37-25-27-38(28-26-37)48(68)58-32-40(36-21-15-12-16-22-36)60-50(70)42-24-18-30-64(42)52(72)44(54(6,7)8)62-46(66)34(2)56-10;;/h25-28,33-36,39-44,55-56H,11-24,29-32H2,1-10H3,(H,57,67)(H,58,68)(H,59,69)(H,60,70)(H,61,65)(H,62,66);2*1H/t33-,34-,39+,40+,41-,42-,43+,44+;;/m0../s1. The predicted molar refractivity (Wildman–Crippen MR) is 292 cm³/mol. The Morgan fingerprint density at radius 1 is 0.500 bits per heavy atom. The van der Waals surface area contributed by atoms with Gasteiger partial charge in [0.2, 0.25) is 35.4 Å². The van der Waals surface area contributed by atoms with E-state index in [-0.39, 0.29) is 109 Å². The smallest absolute Gasteiger partial charge is 0.251 e. The lowest BCUT2D eigenvalue weighted by Gasteiger charge is -2.37. The molecule has 2 saturated carbocycles. The second-order valence-electron chi connectivity index (χ2n) is 23.0. The average Bonchev–Trinajstić information content (AvgIpc) is 4.08. The number of carbonyl (C=O) groups is 8. The van der Waals surface area contributed by atoms with Crippen LogP contribution in [0.1, 0.15) is 166 Å². The van der Waals surface area contributed by atoms with Crippen LogP contribution >= 0.6 is 24.8 Å². The van der Waals surface area contributed by atoms with Crippen LogP contribution in [-0.4, -0.2) is 146 Å². The molecule has 2 saturated heterocycles. The first-order valence-electron chi connectivity index (χ1n) is 26.9. The average molecular weight is 1080 g/mol. The van der Waals surface area contributed by atoms with Crippen molar-refractivity contribution in [3.63, 3.8) is 0 Å². The van der Waals surface area contributed by atoms with Crippen LogP contribution in [0.3, 0.4) is 0 Å². The number of rotatable bonds is 20. The quantitative estimate of drug-likeness (QED) is 0.0918. The topological polar surface area (TPSA) is 239 Å². The van der Waals surface area contributed by atoms with Crippen LogP contribution in [-0.2, 0) is 28.8 Å². The van der Waals surface area contributed by atoms with Crippen molar-refractivity contribution >= 4 is 72.1 Å². The maximum absolute atomic E-state index is 14.1. The number of likely N-dealkylation sites (N-methyl/N-ethyl adjacent to an activating group) is 2. The number of benzene rings is 1. The number of likely N-dealkylation sites (tertiary alicyclic amines) is 2. The van der Waals surface area contributed by atoms with Crippen molar-refractivity contribution in [2.75, 3.05) is 40.3 Å². The van der Waals surface area contributed by atoms with Gasteiger partial charge in [0.1, 0.15) is 24.2 Å². The second kappa shape index (κ2) is 29.1. The number of halogens is 2. The molecule has 4 fully saturated rings. The molecule has 4 aliphatic rings. The summed E-state index contributed by atoms with van der Waals surface area (Å²) in [4.78, 5) is 113. The van der Waals surface area contributed by atoms with E-state index in [1.54, 1.807) is 62.0 Å². The molecule has 5 rings (SSSR count). The van der Waals surface area contributed by atoms with Crippen molar-refractivity contribution in [3.05, 3.63) is 35.4 Å². The lowest BCUT2D eigenvalue weighted by Crippen LogP contribution is -2.60. The van der Waals surface area contributed by atoms with Crippen LogP contribution in [0.15, 0.2) is 24.3 Å². The number of hydrogen-bond acceptors (Lipinski definition) is 10. The Balaban J connectivity index is 0.00000722. The lowest BCUT2D eigenvalue weighted by molar-refractivity contribution is -0.144. The highest BCUT2D eigenvalue weighted by atomic mass is 35.5. The summed E-state index contributed by atoms with van der Waals surface area (Å²) in [6, 6.07) is 1.59. The van der Waals surface area contributed by atoms with Gasteiger partial charge >= 0.3 is 0 Å². The molecule has 0 aromatic heterocycles. The third-order valence-electron chi connectivity index (χ3n) is 15.6. The molecule has 8 atom stereocenters. The molecule has 0 radical (unpaired) electrons. The molecule has 0 unspecified atom stereocenters. The minimum Gasteiger partial charge on any atom is -0.350 e. The molecule has 8 N–H and O–H groups in total. The Kier molecular flexibility index (Phi) is 25.1. The fraction of sp³-hybridized carbons (Fsp3) is 0.741. The monoisotopic (exact) mass is 1080 g/mol. The normalized spacial score (nSPS) is 21.0. The molecule has 0 bridgehead atoms. The van der Waals surface area contributed by atoms with Gasteiger partial charge in [-0.15, -0.1) is 24.8 Å². The summed E-state index contributed by atoms with van der Waals surface area (Å²) in [7, 11) is 3.36. The zero-order valence-corrected chi connectivity index (χ0v) is 47.4. The van der Waals surface area contributed by atoms with E-state index in [1.807, 2.05) is 41.5 Å². The van der Waals surface area contributed by atoms with Crippen LogP contribution in [0.2, 0.25) is 0 Å². The van der Waals surface area contributed by atoms with Crippen LogP contribution in [0.4, 0.5) is 0 Å². The van der Waals surface area contributed by atoms with Gasteiger partial charge in [-0.05, 0) is 126 Å². The van der Waals surface area contributed by atoms with Gasteiger partial charge in [0.15, 0.2) is 0 Å². The van der Waals surface area contributed by atoms with Crippen molar-refractivity contribution in [2.45, 2.75) is 194 Å². The molecule has 2 aliphatic heterocycles. The van der Waals surface area contributed by atoms with Crippen molar-refractivity contribution in [2.24, 2.45) is 22.7 Å². The van der Waals surface area contributed by atoms with E-state index in [1.165, 1.54) is 0 Å². The lowest BCUT2D eigenvalue weighted by atomic mass is 9.83. The number of nitrogens with zero attached hydrogens (tertiary/aromatic N) is 2. The van der Waals surface area contributed by atoms with Crippen molar-refractivity contribution in [1.29, 1.82) is 0 Å². The third-order valence-corrected chi connectivity index (χ3v) is 15.6. The largest absolute Gasteiger partial charge is 0.350 e. The molecule has 2 heterocycles. The maximum Gasteiger partial charge on any atom is 0.251 e. The van der Waals surface area contributed by atoms with E-state index in [9.17, 15) is 38.4 Å². The number of nitrogens with one attached hydrogen (secondary N) is 8. The molecular formula is C54H90Cl2N10O8. The van der Waals surface area contributed by atoms with E-state index in [4.69, 9.17) is 0 Å². The van der Waals surface area contributed by atoms with Gasteiger partial charge in [-0.25, -0.2) is 0 Å². The molecule has 18 nitrogen and oxygen atoms in total. The Labute approximate surface area is 452 Å². The van der Waals surface area contributed by atoms with Crippen molar-refractivity contribution in [1.82, 2.24) is 52.3 Å². The number of carbonyl (C=O) groups excluding carboxylic acids is 8. The van der Waals surface area contributed by atoms with Gasteiger partial charge in [0.25, 0.3) is 11.8 Å². The minimum absolute atomic E-state index is 0. The summed E-state index contributed by atoms with van der Waals surface area (Å²) in [6.07, 6.45) is 12.2. The molecule has 20 heteroatoms. The molecule has 8 amide bonds. The molecule has 74 heavy (non-hydrogen) atoms. The number of hydrogen-bond donors (Lipinski definition) is 8. The molecule has 0 spiro atoms. The van der Waals surface area contributed by atoms with Crippen molar-refractivity contribution < 1.29 is 38.4 Å². The predicted octanol–water partition coefficient (Wildman–Crippen LogP) is 4.38. The first kappa shape index (κ1) is 63.8. The van der Waals surface area contributed by atoms with Crippen LogP contribution < -0.4 is 42.5 Å². The minimum atomic E-state index is -0.831. The van der Waals surface area contributed by atoms with E-state index in [0.717, 1.165) is 64.2 Å². The summed E-state index contributed by atoms with van der Waals surface area (Å²) in [6.45, 7) is 16.0. The fourth-order valence-electron chi connectivity index (χ4n) is 10.7. The van der Waals surface area contributed by atoms with Gasteiger partial charge in [-0.3, -0.25) is 38.4 Å². The second-order valence-corrected chi connectivity index (χ2v) is 23.0. The van der Waals surface area contributed by atoms with E-state index in [0.29, 0.717) is 49.9 Å². The van der Waals surface area contributed by atoms with Gasteiger partial charge in [-0.2, -0.15) is 0 Å². The summed E-state index contributed by atoms with van der Waals surface area (Å²) >= 11 is 0. The molecular weight excluding hydrogens is 988 g/mol. The van der Waals surface area contributed by atoms with E-state index in [2.05, 4.69) is 42.5 Å². The Bertz CT molecular complexity index is 1910. The highest BCUT2D eigenvalue weighted by molar-refractivity contribution is 5.98. The van der Waals surface area contributed by atoms with Crippen LogP contribution in [0.5, 0.6) is 0 Å². The van der Waals surface area contributed by atoms with E-state index >= 15 is 0 Å². The first-order valence-corrected chi connectivity index (χ1v) is 26.9. The third kappa shape index (κ3) is 17.3. The van der Waals surface area contributed by atoms with Gasteiger partial charge in [0.05, 0.1) is 12.1 Å². The SMILES string of the molecule is CN[C@@H](C)C(=O)N[C@H](C(=O)N1CCC[C@H]1C(=O)N[C@H](CNC(=O)c1ccc(C(=O)NC[C@@H](NC(=O)[C@@H]2CCCN2C(=O)[C@@H](NC(=O)[C@H](C)NC)C(C)(C)C)C2CCCCC2)cc1)C1CCCCC1)C(C)(C)C.Cl.Cl. The highest BCUT2D eigenvalue weighted by Gasteiger charge is 2.45. The summed E-state index contributed by atoms with van der Waals surface area (Å²) < 4.78 is 0. The Morgan fingerprint density at radius 2 is 0.824 bits per heavy atom. The highest BCUT2D eigenvalue weighted by Crippen LogP contribution is 2.31. The number of amides is 8. The molecule has 1 aromatic rings. The fourth-order valence-corrected chi connectivity index (χ4v) is 10.7. The van der Waals surface area contributed by atoms with Gasteiger partial charge < -0.3 is 52.3 Å². The molecule has 2 aliphatic carbocycles. The summed E-state index contributed by atoms with van der Waals surface area (Å²) in [5, 5.41) is 24.2. The maximum atomic E-state index is 14.1. The zero-order chi connectivity index (χ0) is 52.9. The summed E-state index contributed by atoms with van der Waals surface area (Å²) in [5.41, 5.74) is -0.509. The van der Waals surface area contributed by atoms with Crippen molar-refractivity contribution in [3.8, 4) is 0 Å². The van der Waals surface area contributed by atoms with Gasteiger partial charge in [-0.1, -0.05) is 80.1 Å². The van der Waals surface area contributed by atoms with Gasteiger partial charge in [0, 0.05) is 49.4 Å². The van der Waals surface area contributed by atoms with E-state index < -0.39 is 47.1 Å². The van der Waals surface area contributed by atoms with Crippen LogP contribution in [0, 0.1) is 22.7 Å². The Hall–Kier alpha value is -4.52.